The number of rotatable bonds is 70. The molecule has 3 aliphatic rings. The van der Waals surface area contributed by atoms with E-state index in [1.54, 1.807) is 6.92 Å². The van der Waals surface area contributed by atoms with Gasteiger partial charge in [0.1, 0.15) is 80.4 Å². The second-order valence-corrected chi connectivity index (χ2v) is 33.9. The number of ether oxygens (including phenoxy) is 9. The first kappa shape index (κ1) is 104. The minimum atomic E-state index is -5.06. The predicted molar refractivity (Wildman–Crippen MR) is 420 cm³/mol. The number of phosphoric acid groups is 2. The Labute approximate surface area is 668 Å². The van der Waals surface area contributed by atoms with E-state index < -0.39 is 183 Å². The lowest BCUT2D eigenvalue weighted by Gasteiger charge is -2.47. The molecule has 0 aromatic rings. The van der Waals surface area contributed by atoms with Crippen molar-refractivity contribution in [2.75, 3.05) is 52.9 Å². The van der Waals surface area contributed by atoms with Gasteiger partial charge in [-0.25, -0.2) is 9.13 Å². The number of esters is 3. The lowest BCUT2D eigenvalue weighted by molar-refractivity contribution is -0.416. The Hall–Kier alpha value is -2.49. The Morgan fingerprint density at radius 3 is 1.19 bits per heavy atom. The molecule has 3 saturated heterocycles. The van der Waals surface area contributed by atoms with Gasteiger partial charge in [0.25, 0.3) is 0 Å². The maximum atomic E-state index is 13.7. The highest BCUT2D eigenvalue weighted by atomic mass is 31.2. The van der Waals surface area contributed by atoms with E-state index in [-0.39, 0.29) is 32.5 Å². The molecule has 3 rings (SSSR count). The quantitative estimate of drug-likeness (QED) is 0.00885. The van der Waals surface area contributed by atoms with Crippen LogP contribution >= 0.6 is 15.6 Å². The molecule has 31 heteroatoms. The second kappa shape index (κ2) is 63.5. The molecule has 8 unspecified atom stereocenters. The standard InChI is InChI=1S/C81H150O29P2/c1-6-9-12-15-18-21-24-27-30-33-36-38-41-44-47-50-66(83)98-57-63(105-68(85)52-49-46-43-40-37-34-31-28-25-22-19-16-13-10-7-2)58-100-81-77(73(90)70(87)64(107-81)59-99-67(84)51-48-45-42-39-35-32-29-26-23-20-17-14-11-8-3)108-79-75(92)72(89)76(93)80(110-79)109-78-74(91)71(88)69(86)65(106-78)60-104-112(96,97)103-56-62(5)55-102-111(94,95)101-54-61(4)53-82/h21,24,30,33,61-65,69-82,86-93H,6-20,22-23,25-29,31-32,34-60H2,1-5H3,(H,94,95)(H,96,97)/b24-21-,33-30-/t61-,62-,63+,64?,65?,69-,70+,71?,72?,73-,74+,75+,76+,77?,78+,79+,80?,81+/m0/s1. The number of hydrogen-bond acceptors (Lipinski definition) is 27. The molecule has 3 heterocycles. The normalized spacial score (nSPS) is 26.3. The highest BCUT2D eigenvalue weighted by Gasteiger charge is 2.54. The number of aliphatic hydroxyl groups excluding tert-OH is 9. The molecule has 112 heavy (non-hydrogen) atoms. The van der Waals surface area contributed by atoms with Gasteiger partial charge in [0.2, 0.25) is 0 Å². The number of carbonyl (C=O) groups excluding carboxylic acids is 3. The smallest absolute Gasteiger partial charge is 0.463 e. The summed E-state index contributed by atoms with van der Waals surface area (Å²) in [4.78, 5) is 60.7. The van der Waals surface area contributed by atoms with E-state index in [9.17, 15) is 79.3 Å². The van der Waals surface area contributed by atoms with Crippen molar-refractivity contribution in [1.82, 2.24) is 0 Å². The van der Waals surface area contributed by atoms with Crippen LogP contribution in [0.25, 0.3) is 0 Å². The van der Waals surface area contributed by atoms with Crippen LogP contribution in [0.5, 0.6) is 0 Å². The molecule has 0 aromatic heterocycles. The number of aliphatic hydroxyl groups is 9. The second-order valence-electron chi connectivity index (χ2n) is 31.0. The molecule has 0 amide bonds. The summed E-state index contributed by atoms with van der Waals surface area (Å²) >= 11 is 0. The van der Waals surface area contributed by atoms with E-state index in [1.807, 2.05) is 0 Å². The zero-order chi connectivity index (χ0) is 82.2. The van der Waals surface area contributed by atoms with E-state index in [4.69, 9.17) is 60.7 Å². The fraction of sp³-hybridized carbons (Fsp3) is 0.914. The van der Waals surface area contributed by atoms with Gasteiger partial charge in [-0.15, -0.1) is 0 Å². The molecule has 11 N–H and O–H groups in total. The van der Waals surface area contributed by atoms with Gasteiger partial charge in [-0.2, -0.15) is 0 Å². The monoisotopic (exact) mass is 1650 g/mol. The maximum absolute atomic E-state index is 13.7. The van der Waals surface area contributed by atoms with Crippen LogP contribution in [0.15, 0.2) is 24.3 Å². The van der Waals surface area contributed by atoms with Crippen molar-refractivity contribution in [3.63, 3.8) is 0 Å². The van der Waals surface area contributed by atoms with E-state index >= 15 is 0 Å². The van der Waals surface area contributed by atoms with Crippen molar-refractivity contribution in [3.05, 3.63) is 24.3 Å². The van der Waals surface area contributed by atoms with Crippen molar-refractivity contribution in [2.24, 2.45) is 11.8 Å². The average molecular weight is 1650 g/mol. The van der Waals surface area contributed by atoms with Gasteiger partial charge in [0.15, 0.2) is 31.3 Å². The number of carbonyl (C=O) groups is 3. The molecule has 0 aliphatic carbocycles. The lowest BCUT2D eigenvalue weighted by atomic mass is 9.98. The first-order valence-electron chi connectivity index (χ1n) is 42.9. The summed E-state index contributed by atoms with van der Waals surface area (Å²) in [5, 5.41) is 99.8. The Morgan fingerprint density at radius 1 is 0.366 bits per heavy atom. The number of hydrogen-bond donors (Lipinski definition) is 11. The molecule has 658 valence electrons. The van der Waals surface area contributed by atoms with Crippen LogP contribution < -0.4 is 0 Å². The van der Waals surface area contributed by atoms with E-state index in [0.29, 0.717) is 19.3 Å². The van der Waals surface area contributed by atoms with Gasteiger partial charge in [-0.1, -0.05) is 264 Å². The van der Waals surface area contributed by atoms with Gasteiger partial charge in [0.05, 0.1) is 33.0 Å². The Kier molecular flexibility index (Phi) is 58.8. The molecule has 0 bridgehead atoms. The summed E-state index contributed by atoms with van der Waals surface area (Å²) in [5.74, 6) is -3.07. The summed E-state index contributed by atoms with van der Waals surface area (Å²) in [7, 11) is -9.64. The van der Waals surface area contributed by atoms with Crippen molar-refractivity contribution < 1.29 is 140 Å². The molecule has 29 nitrogen and oxygen atoms in total. The van der Waals surface area contributed by atoms with Gasteiger partial charge in [-0.3, -0.25) is 32.5 Å². The number of unbranched alkanes of at least 4 members (excludes halogenated alkanes) is 35. The zero-order valence-electron chi connectivity index (χ0n) is 68.4. The molecule has 3 aliphatic heterocycles. The van der Waals surface area contributed by atoms with E-state index in [1.165, 1.54) is 142 Å². The van der Waals surface area contributed by atoms with E-state index in [0.717, 1.165) is 103 Å². The third-order valence-electron chi connectivity index (χ3n) is 20.3. The molecule has 3 fully saturated rings. The molecule has 20 atom stereocenters. The fourth-order valence-electron chi connectivity index (χ4n) is 13.1. The van der Waals surface area contributed by atoms with Crippen molar-refractivity contribution in [3.8, 4) is 0 Å². The average Bonchev–Trinajstić information content (AvgIpc) is 0.781. The SMILES string of the molecule is CCCCCC/C=C\C/C=C\CCCCCCC(=O)OC[C@H](CO[C@@H]1OC(COC(=O)CCCCCCCCCCCCCCCC)[C@@H](O)[C@H](O)C1O[C@@H]1OC(O[C@H]2OC(COP(=O)(O)OC[C@@H](C)COP(=O)(O)OC[C@@H](C)CO)[C@H](O)C(O)[C@H]2O)[C@H](O)C(O)[C@H]1O)OC(=O)CCCCCCCCCCCCCCCCC. The highest BCUT2D eigenvalue weighted by Crippen LogP contribution is 2.47. The van der Waals surface area contributed by atoms with Gasteiger partial charge in [0, 0.05) is 37.7 Å². The Balaban J connectivity index is 1.78. The summed E-state index contributed by atoms with van der Waals surface area (Å²) in [5.41, 5.74) is 0. The number of allylic oxidation sites excluding steroid dienone is 4. The largest absolute Gasteiger partial charge is 0.472 e. The molecule has 0 radical (unpaired) electrons. The zero-order valence-corrected chi connectivity index (χ0v) is 70.2. The minimum Gasteiger partial charge on any atom is -0.463 e. The van der Waals surface area contributed by atoms with E-state index in [2.05, 4.69) is 45.1 Å². The van der Waals surface area contributed by atoms with Gasteiger partial charge in [-0.05, 0) is 51.4 Å². The third-order valence-corrected chi connectivity index (χ3v) is 22.2. The van der Waals surface area contributed by atoms with Crippen molar-refractivity contribution in [1.29, 1.82) is 0 Å². The topological polar surface area (TPSA) is 428 Å². The molecule has 0 saturated carbocycles. The number of phosphoric ester groups is 2. The Bertz CT molecular complexity index is 2520. The van der Waals surface area contributed by atoms with Crippen LogP contribution in [0.2, 0.25) is 0 Å². The molecular weight excluding hydrogens is 1500 g/mol. The van der Waals surface area contributed by atoms with Crippen LogP contribution in [-0.4, -0.2) is 225 Å². The van der Waals surface area contributed by atoms with Crippen LogP contribution in [0.4, 0.5) is 0 Å². The third kappa shape index (κ3) is 47.3. The van der Waals surface area contributed by atoms with Crippen LogP contribution in [0.1, 0.15) is 311 Å². The van der Waals surface area contributed by atoms with Crippen LogP contribution in [0, 0.1) is 11.8 Å². The summed E-state index contributed by atoms with van der Waals surface area (Å²) in [6.07, 6.45) is 20.7. The highest BCUT2D eigenvalue weighted by molar-refractivity contribution is 7.47. The van der Waals surface area contributed by atoms with Crippen molar-refractivity contribution in [2.45, 2.75) is 409 Å². The first-order chi connectivity index (χ1) is 53.9. The minimum absolute atomic E-state index is 0.0315. The fourth-order valence-corrected chi connectivity index (χ4v) is 14.9. The van der Waals surface area contributed by atoms with Gasteiger partial charge < -0.3 is 98.4 Å². The Morgan fingerprint density at radius 2 is 0.723 bits per heavy atom. The maximum Gasteiger partial charge on any atom is 0.472 e. The molecular formula is C81H150O29P2. The molecule has 0 aromatic carbocycles. The molecule has 0 spiro atoms. The van der Waals surface area contributed by atoms with Gasteiger partial charge >= 0.3 is 33.6 Å². The van der Waals surface area contributed by atoms with Crippen molar-refractivity contribution >= 4 is 33.6 Å². The summed E-state index contributed by atoms with van der Waals surface area (Å²) in [6, 6.07) is 0. The first-order valence-corrected chi connectivity index (χ1v) is 45.8. The lowest BCUT2D eigenvalue weighted by Crippen LogP contribution is -2.66. The predicted octanol–water partition coefficient (Wildman–Crippen LogP) is 12.9. The van der Waals surface area contributed by atoms with Crippen LogP contribution in [-0.2, 0) is 84.2 Å². The van der Waals surface area contributed by atoms with Crippen LogP contribution in [0.3, 0.4) is 0 Å². The summed E-state index contributed by atoms with van der Waals surface area (Å²) < 4.78 is 97.9. The summed E-state index contributed by atoms with van der Waals surface area (Å²) in [6.45, 7) is 5.22.